The van der Waals surface area contributed by atoms with Crippen LogP contribution in [0.1, 0.15) is 12.8 Å². The van der Waals surface area contributed by atoms with E-state index in [2.05, 4.69) is 14.6 Å². The lowest BCUT2D eigenvalue weighted by molar-refractivity contribution is 0.248. The minimum atomic E-state index is -3.57. The lowest BCUT2D eigenvalue weighted by Gasteiger charge is -2.29. The smallest absolute Gasteiger partial charge is 0.243 e. The molecule has 1 fully saturated rings. The van der Waals surface area contributed by atoms with Crippen LogP contribution in [-0.2, 0) is 10.0 Å². The molecule has 0 spiro atoms. The van der Waals surface area contributed by atoms with Crippen LogP contribution in [0.15, 0.2) is 23.4 Å². The minimum absolute atomic E-state index is 0.0255. The predicted molar refractivity (Wildman–Crippen MR) is 70.1 cm³/mol. The van der Waals surface area contributed by atoms with Crippen LogP contribution in [-0.4, -0.2) is 44.5 Å². The fourth-order valence-corrected chi connectivity index (χ4v) is 3.71. The van der Waals surface area contributed by atoms with E-state index in [1.807, 2.05) is 7.05 Å². The first-order chi connectivity index (χ1) is 8.49. The number of hydrogen-bond acceptors (Lipinski definition) is 4. The van der Waals surface area contributed by atoms with Gasteiger partial charge in [0.2, 0.25) is 10.0 Å². The van der Waals surface area contributed by atoms with Crippen molar-refractivity contribution in [2.45, 2.75) is 23.8 Å². The van der Waals surface area contributed by atoms with E-state index < -0.39 is 10.0 Å². The zero-order chi connectivity index (χ0) is 13.2. The number of nitrogens with one attached hydrogen (secondary N) is 1. The largest absolute Gasteiger partial charge is 0.306 e. The Bertz CT molecular complexity index is 513. The van der Waals surface area contributed by atoms with Crippen molar-refractivity contribution in [1.82, 2.24) is 14.6 Å². The number of aromatic nitrogens is 1. The molecule has 0 unspecified atom stereocenters. The summed E-state index contributed by atoms with van der Waals surface area (Å²) in [6, 6.07) is 1.45. The Hall–Kier alpha value is -0.690. The van der Waals surface area contributed by atoms with E-state index in [1.54, 1.807) is 0 Å². The van der Waals surface area contributed by atoms with Crippen LogP contribution in [0.2, 0.25) is 5.02 Å². The molecule has 5 nitrogen and oxygen atoms in total. The zero-order valence-corrected chi connectivity index (χ0v) is 11.7. The monoisotopic (exact) mass is 289 g/mol. The summed E-state index contributed by atoms with van der Waals surface area (Å²) in [6.07, 6.45) is 4.37. The van der Waals surface area contributed by atoms with Crippen molar-refractivity contribution in [2.24, 2.45) is 0 Å². The Balaban J connectivity index is 2.11. The maximum atomic E-state index is 12.2. The van der Waals surface area contributed by atoms with E-state index in [0.29, 0.717) is 0 Å². The van der Waals surface area contributed by atoms with Gasteiger partial charge in [0.15, 0.2) is 0 Å². The molecule has 1 saturated heterocycles. The molecule has 1 aromatic heterocycles. The number of hydrogen-bond donors (Lipinski definition) is 1. The predicted octanol–water partition coefficient (Wildman–Crippen LogP) is 1.11. The Labute approximate surface area is 112 Å². The molecule has 1 N–H and O–H groups in total. The fourth-order valence-electron chi connectivity index (χ4n) is 1.97. The lowest BCUT2D eigenvalue weighted by atomic mass is 10.1. The van der Waals surface area contributed by atoms with Gasteiger partial charge in [-0.1, -0.05) is 11.6 Å². The summed E-state index contributed by atoms with van der Waals surface area (Å²) in [4.78, 5) is 6.03. The van der Waals surface area contributed by atoms with E-state index in [4.69, 9.17) is 11.6 Å². The third-order valence-electron chi connectivity index (χ3n) is 3.06. The van der Waals surface area contributed by atoms with Crippen molar-refractivity contribution >= 4 is 21.6 Å². The van der Waals surface area contributed by atoms with Crippen molar-refractivity contribution in [3.8, 4) is 0 Å². The standard InChI is InChI=1S/C11H16ClN3O2S/c1-15-6-3-9(4-7-15)14-18(16,17)11-8-13-5-2-10(11)12/h2,5,8-9,14H,3-4,6-7H2,1H3. The lowest BCUT2D eigenvalue weighted by Crippen LogP contribution is -2.43. The van der Waals surface area contributed by atoms with E-state index in [0.717, 1.165) is 25.9 Å². The number of pyridine rings is 1. The van der Waals surface area contributed by atoms with Gasteiger partial charge in [0.05, 0.1) is 5.02 Å². The quantitative estimate of drug-likeness (QED) is 0.905. The van der Waals surface area contributed by atoms with Crippen LogP contribution in [0.4, 0.5) is 0 Å². The van der Waals surface area contributed by atoms with Gasteiger partial charge in [-0.3, -0.25) is 4.98 Å². The third-order valence-corrected chi connectivity index (χ3v) is 5.05. The number of piperidine rings is 1. The summed E-state index contributed by atoms with van der Waals surface area (Å²) < 4.78 is 27.0. The number of likely N-dealkylation sites (tertiary alicyclic amines) is 1. The normalized spacial score (nSPS) is 19.0. The van der Waals surface area contributed by atoms with Crippen LogP contribution >= 0.6 is 11.6 Å². The summed E-state index contributed by atoms with van der Waals surface area (Å²) in [5.74, 6) is 0. The van der Waals surface area contributed by atoms with Crippen molar-refractivity contribution in [1.29, 1.82) is 0 Å². The summed E-state index contributed by atoms with van der Waals surface area (Å²) in [7, 11) is -1.54. The summed E-state index contributed by atoms with van der Waals surface area (Å²) in [5, 5.41) is 0.199. The molecule has 0 radical (unpaired) electrons. The molecule has 0 aliphatic carbocycles. The third kappa shape index (κ3) is 3.20. The Kier molecular flexibility index (Phi) is 4.21. The molecule has 0 bridgehead atoms. The number of sulfonamides is 1. The summed E-state index contributed by atoms with van der Waals surface area (Å²) >= 11 is 5.88. The second-order valence-corrected chi connectivity index (χ2v) is 6.59. The number of nitrogens with zero attached hydrogens (tertiary/aromatic N) is 2. The Morgan fingerprint density at radius 1 is 1.44 bits per heavy atom. The highest BCUT2D eigenvalue weighted by Crippen LogP contribution is 2.20. The Morgan fingerprint density at radius 3 is 2.72 bits per heavy atom. The van der Waals surface area contributed by atoms with Gasteiger partial charge < -0.3 is 4.90 Å². The summed E-state index contributed by atoms with van der Waals surface area (Å²) in [6.45, 7) is 1.79. The maximum Gasteiger partial charge on any atom is 0.243 e. The first kappa shape index (κ1) is 13.7. The van der Waals surface area contributed by atoms with Crippen LogP contribution in [0.3, 0.4) is 0 Å². The molecule has 0 aromatic carbocycles. The molecule has 1 aromatic rings. The van der Waals surface area contributed by atoms with Gasteiger partial charge in [-0.05, 0) is 39.0 Å². The molecule has 0 amide bonds. The highest BCUT2D eigenvalue weighted by atomic mass is 35.5. The topological polar surface area (TPSA) is 62.3 Å². The molecule has 100 valence electrons. The van der Waals surface area contributed by atoms with Gasteiger partial charge in [0, 0.05) is 18.4 Å². The maximum absolute atomic E-state index is 12.2. The number of rotatable bonds is 3. The molecule has 2 rings (SSSR count). The summed E-state index contributed by atoms with van der Waals surface area (Å²) in [5.41, 5.74) is 0. The molecule has 1 aliphatic heterocycles. The molecule has 7 heteroatoms. The molecule has 0 saturated carbocycles. The van der Waals surface area contributed by atoms with Gasteiger partial charge in [-0.2, -0.15) is 0 Å². The molecule has 0 atom stereocenters. The van der Waals surface area contributed by atoms with Crippen molar-refractivity contribution in [3.05, 3.63) is 23.5 Å². The highest BCUT2D eigenvalue weighted by molar-refractivity contribution is 7.89. The van der Waals surface area contributed by atoms with Gasteiger partial charge >= 0.3 is 0 Å². The second-order valence-electron chi connectivity index (χ2n) is 4.50. The van der Waals surface area contributed by atoms with Crippen molar-refractivity contribution in [3.63, 3.8) is 0 Å². The molecule has 1 aliphatic rings. The van der Waals surface area contributed by atoms with Crippen LogP contribution < -0.4 is 4.72 Å². The first-order valence-electron chi connectivity index (χ1n) is 5.79. The first-order valence-corrected chi connectivity index (χ1v) is 7.65. The molecule has 2 heterocycles. The molecular weight excluding hydrogens is 274 g/mol. The molecule has 18 heavy (non-hydrogen) atoms. The number of halogens is 1. The average molecular weight is 290 g/mol. The van der Waals surface area contributed by atoms with Crippen molar-refractivity contribution < 1.29 is 8.42 Å². The van der Waals surface area contributed by atoms with Gasteiger partial charge in [0.25, 0.3) is 0 Å². The van der Waals surface area contributed by atoms with Crippen LogP contribution in [0.25, 0.3) is 0 Å². The van der Waals surface area contributed by atoms with Gasteiger partial charge in [0.1, 0.15) is 4.90 Å². The highest BCUT2D eigenvalue weighted by Gasteiger charge is 2.24. The van der Waals surface area contributed by atoms with E-state index in [9.17, 15) is 8.42 Å². The van der Waals surface area contributed by atoms with E-state index >= 15 is 0 Å². The van der Waals surface area contributed by atoms with Crippen molar-refractivity contribution in [2.75, 3.05) is 20.1 Å². The SMILES string of the molecule is CN1CCC(NS(=O)(=O)c2cnccc2Cl)CC1. The van der Waals surface area contributed by atoms with Crippen LogP contribution in [0.5, 0.6) is 0 Å². The minimum Gasteiger partial charge on any atom is -0.306 e. The van der Waals surface area contributed by atoms with Gasteiger partial charge in [-0.15, -0.1) is 0 Å². The average Bonchev–Trinajstić information content (AvgIpc) is 2.32. The second kappa shape index (κ2) is 5.52. The zero-order valence-electron chi connectivity index (χ0n) is 10.1. The van der Waals surface area contributed by atoms with Crippen LogP contribution in [0, 0.1) is 0 Å². The fraction of sp³-hybridized carbons (Fsp3) is 0.545. The molecular formula is C11H16ClN3O2S. The van der Waals surface area contributed by atoms with Gasteiger partial charge in [-0.25, -0.2) is 13.1 Å². The Morgan fingerprint density at radius 2 is 2.11 bits per heavy atom. The van der Waals surface area contributed by atoms with E-state index in [1.165, 1.54) is 18.5 Å². The van der Waals surface area contributed by atoms with E-state index in [-0.39, 0.29) is 16.0 Å².